The van der Waals surface area contributed by atoms with Gasteiger partial charge < -0.3 is 9.80 Å². The number of urea groups is 1. The van der Waals surface area contributed by atoms with Gasteiger partial charge in [-0.3, -0.25) is 0 Å². The fourth-order valence-electron chi connectivity index (χ4n) is 3.08. The third-order valence-electron chi connectivity index (χ3n) is 3.83. The highest BCUT2D eigenvalue weighted by Gasteiger charge is 2.52. The summed E-state index contributed by atoms with van der Waals surface area (Å²) in [6.07, 6.45) is 1.92. The molecule has 2 rings (SSSR count). The van der Waals surface area contributed by atoms with Gasteiger partial charge in [0.25, 0.3) is 0 Å². The molecule has 1 aliphatic rings. The molecule has 116 valence electrons. The minimum atomic E-state index is -0.231. The molecular weight excluding hydrogens is 280 g/mol. The van der Waals surface area contributed by atoms with Crippen molar-refractivity contribution in [3.63, 3.8) is 0 Å². The standard InChI is InChI=1S/C17H26N2OS/c1-8-12-14(13-10-9-11-21-13)19(17(5,6)7)15(20)18(12)16(2,3)4/h8-12,14H,1H2,2-7H3/t12-,14+/m0/s1. The molecule has 1 aliphatic heterocycles. The highest BCUT2D eigenvalue weighted by atomic mass is 32.1. The number of hydrogen-bond acceptors (Lipinski definition) is 2. The molecule has 3 nitrogen and oxygen atoms in total. The zero-order chi connectivity index (χ0) is 16.0. The van der Waals surface area contributed by atoms with Gasteiger partial charge in [0.05, 0.1) is 12.1 Å². The highest BCUT2D eigenvalue weighted by Crippen LogP contribution is 2.44. The third-order valence-corrected chi connectivity index (χ3v) is 4.78. The van der Waals surface area contributed by atoms with E-state index in [1.54, 1.807) is 11.3 Å². The number of nitrogens with zero attached hydrogens (tertiary/aromatic N) is 2. The Kier molecular flexibility index (Phi) is 3.96. The van der Waals surface area contributed by atoms with Crippen LogP contribution in [0.15, 0.2) is 30.2 Å². The van der Waals surface area contributed by atoms with E-state index >= 15 is 0 Å². The lowest BCUT2D eigenvalue weighted by atomic mass is 9.98. The summed E-state index contributed by atoms with van der Waals surface area (Å²) in [6, 6.07) is 4.29. The molecule has 0 unspecified atom stereocenters. The van der Waals surface area contributed by atoms with Crippen molar-refractivity contribution in [2.24, 2.45) is 0 Å². The quantitative estimate of drug-likeness (QED) is 0.728. The van der Waals surface area contributed by atoms with Crippen molar-refractivity contribution in [2.75, 3.05) is 0 Å². The van der Waals surface area contributed by atoms with E-state index in [0.717, 1.165) is 0 Å². The third kappa shape index (κ3) is 2.73. The Morgan fingerprint density at radius 2 is 1.71 bits per heavy atom. The normalized spacial score (nSPS) is 23.8. The first kappa shape index (κ1) is 16.1. The van der Waals surface area contributed by atoms with E-state index in [0.29, 0.717) is 0 Å². The summed E-state index contributed by atoms with van der Waals surface area (Å²) in [5.41, 5.74) is -0.460. The topological polar surface area (TPSA) is 23.6 Å². The number of amides is 2. The molecule has 2 atom stereocenters. The van der Waals surface area contributed by atoms with Crippen LogP contribution in [0.2, 0.25) is 0 Å². The second-order valence-corrected chi connectivity index (χ2v) is 8.53. The molecule has 0 aromatic carbocycles. The van der Waals surface area contributed by atoms with Crippen LogP contribution in [-0.2, 0) is 0 Å². The first-order valence-corrected chi connectivity index (χ1v) is 8.25. The summed E-state index contributed by atoms with van der Waals surface area (Å²) in [5.74, 6) is 0. The summed E-state index contributed by atoms with van der Waals surface area (Å²) in [6.45, 7) is 16.5. The molecule has 1 saturated heterocycles. The predicted molar refractivity (Wildman–Crippen MR) is 89.6 cm³/mol. The average Bonchev–Trinajstić information content (AvgIpc) is 2.90. The Bertz CT molecular complexity index is 522. The Labute approximate surface area is 132 Å². The van der Waals surface area contributed by atoms with Crippen LogP contribution in [0.3, 0.4) is 0 Å². The van der Waals surface area contributed by atoms with E-state index in [1.165, 1.54) is 4.88 Å². The van der Waals surface area contributed by atoms with E-state index in [1.807, 2.05) is 21.9 Å². The minimum absolute atomic E-state index is 0.00428. The summed E-state index contributed by atoms with van der Waals surface area (Å²) in [7, 11) is 0. The lowest BCUT2D eigenvalue weighted by Gasteiger charge is -2.37. The van der Waals surface area contributed by atoms with Gasteiger partial charge in [-0.2, -0.15) is 0 Å². The van der Waals surface area contributed by atoms with E-state index < -0.39 is 0 Å². The highest BCUT2D eigenvalue weighted by molar-refractivity contribution is 7.10. The van der Waals surface area contributed by atoms with Crippen LogP contribution in [0, 0.1) is 0 Å². The van der Waals surface area contributed by atoms with Crippen LogP contribution in [0.5, 0.6) is 0 Å². The SMILES string of the molecule is C=C[C@H]1[C@H](c2cccs2)N(C(C)(C)C)C(=O)N1C(C)(C)C. The van der Waals surface area contributed by atoms with Crippen molar-refractivity contribution < 1.29 is 4.79 Å². The van der Waals surface area contributed by atoms with Crippen molar-refractivity contribution in [3.05, 3.63) is 35.0 Å². The molecule has 0 saturated carbocycles. The number of hydrogen-bond donors (Lipinski definition) is 0. The average molecular weight is 306 g/mol. The van der Waals surface area contributed by atoms with Crippen LogP contribution in [0.25, 0.3) is 0 Å². The van der Waals surface area contributed by atoms with Crippen molar-refractivity contribution in [1.29, 1.82) is 0 Å². The van der Waals surface area contributed by atoms with Gasteiger partial charge in [0.1, 0.15) is 0 Å². The van der Waals surface area contributed by atoms with Crippen molar-refractivity contribution in [1.82, 2.24) is 9.80 Å². The van der Waals surface area contributed by atoms with E-state index in [4.69, 9.17) is 0 Å². The number of rotatable bonds is 2. The molecular formula is C17H26N2OS. The van der Waals surface area contributed by atoms with Crippen LogP contribution in [0.1, 0.15) is 52.5 Å². The van der Waals surface area contributed by atoms with Gasteiger partial charge in [-0.25, -0.2) is 4.79 Å². The molecule has 4 heteroatoms. The first-order chi connectivity index (χ1) is 9.59. The summed E-state index contributed by atoms with van der Waals surface area (Å²) in [5, 5.41) is 2.07. The summed E-state index contributed by atoms with van der Waals surface area (Å²) < 4.78 is 0. The molecule has 0 spiro atoms. The minimum Gasteiger partial charge on any atom is -0.311 e. The van der Waals surface area contributed by atoms with Crippen molar-refractivity contribution >= 4 is 17.4 Å². The second kappa shape index (κ2) is 5.16. The monoisotopic (exact) mass is 306 g/mol. The Hall–Kier alpha value is -1.29. The largest absolute Gasteiger partial charge is 0.322 e. The fraction of sp³-hybridized carbons (Fsp3) is 0.588. The smallest absolute Gasteiger partial charge is 0.311 e. The molecule has 0 radical (unpaired) electrons. The molecule has 2 amide bonds. The lowest BCUT2D eigenvalue weighted by molar-refractivity contribution is 0.123. The molecule has 1 aromatic rings. The lowest BCUT2D eigenvalue weighted by Crippen LogP contribution is -2.50. The first-order valence-electron chi connectivity index (χ1n) is 7.37. The molecule has 1 aromatic heterocycles. The molecule has 21 heavy (non-hydrogen) atoms. The van der Waals surface area contributed by atoms with E-state index in [9.17, 15) is 4.79 Å². The number of thiophene rings is 1. The number of carbonyl (C=O) groups is 1. The Balaban J connectivity index is 2.58. The van der Waals surface area contributed by atoms with Gasteiger partial charge in [0, 0.05) is 16.0 Å². The summed E-state index contributed by atoms with van der Waals surface area (Å²) in [4.78, 5) is 18.3. The Morgan fingerprint density at radius 1 is 1.14 bits per heavy atom. The molecule has 0 aliphatic carbocycles. The Morgan fingerprint density at radius 3 is 2.10 bits per heavy atom. The second-order valence-electron chi connectivity index (χ2n) is 7.55. The van der Waals surface area contributed by atoms with E-state index in [-0.39, 0.29) is 29.2 Å². The van der Waals surface area contributed by atoms with Gasteiger partial charge in [-0.05, 0) is 53.0 Å². The maximum atomic E-state index is 13.1. The van der Waals surface area contributed by atoms with E-state index in [2.05, 4.69) is 59.6 Å². The molecule has 1 fully saturated rings. The molecule has 0 N–H and O–H groups in total. The van der Waals surface area contributed by atoms with Crippen LogP contribution in [0.4, 0.5) is 4.79 Å². The van der Waals surface area contributed by atoms with Crippen LogP contribution >= 0.6 is 11.3 Å². The van der Waals surface area contributed by atoms with Gasteiger partial charge >= 0.3 is 6.03 Å². The van der Waals surface area contributed by atoms with Gasteiger partial charge in [-0.15, -0.1) is 17.9 Å². The zero-order valence-electron chi connectivity index (χ0n) is 13.9. The van der Waals surface area contributed by atoms with Gasteiger partial charge in [0.2, 0.25) is 0 Å². The maximum absolute atomic E-state index is 13.1. The van der Waals surface area contributed by atoms with Crippen LogP contribution in [-0.4, -0.2) is 33.0 Å². The predicted octanol–water partition coefficient (Wildman–Crippen LogP) is 4.68. The zero-order valence-corrected chi connectivity index (χ0v) is 14.7. The molecule has 0 bridgehead atoms. The maximum Gasteiger partial charge on any atom is 0.322 e. The molecule has 2 heterocycles. The van der Waals surface area contributed by atoms with Crippen molar-refractivity contribution in [3.8, 4) is 0 Å². The van der Waals surface area contributed by atoms with Gasteiger partial charge in [0.15, 0.2) is 0 Å². The van der Waals surface area contributed by atoms with Crippen molar-refractivity contribution in [2.45, 2.75) is 64.7 Å². The van der Waals surface area contributed by atoms with Gasteiger partial charge in [-0.1, -0.05) is 12.1 Å². The fourth-order valence-corrected chi connectivity index (χ4v) is 3.94. The number of carbonyl (C=O) groups excluding carboxylic acids is 1. The van der Waals surface area contributed by atoms with Crippen LogP contribution < -0.4 is 0 Å². The summed E-state index contributed by atoms with van der Waals surface area (Å²) >= 11 is 1.71.